The second-order valence-corrected chi connectivity index (χ2v) is 3.61. The zero-order valence-corrected chi connectivity index (χ0v) is 10.5. The minimum absolute atomic E-state index is 0.0371. The van der Waals surface area contributed by atoms with Crippen LogP contribution in [0.2, 0.25) is 0 Å². The maximum Gasteiger partial charge on any atom is 0.573 e. The zero-order chi connectivity index (χ0) is 15.3. The summed E-state index contributed by atoms with van der Waals surface area (Å²) in [6, 6.07) is 0.734. The summed E-state index contributed by atoms with van der Waals surface area (Å²) < 4.78 is 58.3. The van der Waals surface area contributed by atoms with Gasteiger partial charge < -0.3 is 15.2 Å². The van der Waals surface area contributed by atoms with E-state index in [2.05, 4.69) is 14.5 Å². The smallest absolute Gasteiger partial charge is 0.466 e. The maximum absolute atomic E-state index is 13.8. The molecule has 1 aromatic rings. The first-order chi connectivity index (χ1) is 9.26. The molecule has 0 aliphatic rings. The number of nitrogens with zero attached hydrogens (tertiary/aromatic N) is 1. The molecule has 0 bridgehead atoms. The van der Waals surface area contributed by atoms with Crippen molar-refractivity contribution in [3.05, 3.63) is 23.3 Å². The first-order valence-corrected chi connectivity index (χ1v) is 5.56. The monoisotopic (exact) mass is 296 g/mol. The lowest BCUT2D eigenvalue weighted by atomic mass is 10.2. The number of hydrogen-bond donors (Lipinski definition) is 1. The first-order valence-electron chi connectivity index (χ1n) is 5.56. The Bertz CT molecular complexity index is 491. The van der Waals surface area contributed by atoms with Gasteiger partial charge in [0.2, 0.25) is 0 Å². The number of halogens is 4. The van der Waals surface area contributed by atoms with E-state index in [0.29, 0.717) is 0 Å². The van der Waals surface area contributed by atoms with Crippen molar-refractivity contribution in [1.29, 1.82) is 0 Å². The Morgan fingerprint density at radius 3 is 2.60 bits per heavy atom. The van der Waals surface area contributed by atoms with Gasteiger partial charge in [0.05, 0.1) is 24.4 Å². The summed E-state index contributed by atoms with van der Waals surface area (Å²) in [7, 11) is 0. The van der Waals surface area contributed by atoms with Crippen LogP contribution in [0, 0.1) is 5.82 Å². The predicted octanol–water partition coefficient (Wildman–Crippen LogP) is 1.68. The molecule has 0 amide bonds. The second-order valence-electron chi connectivity index (χ2n) is 3.61. The molecule has 0 saturated carbocycles. The Labute approximate surface area is 111 Å². The molecule has 1 heterocycles. The molecule has 5 nitrogen and oxygen atoms in total. The third-order valence-electron chi connectivity index (χ3n) is 2.10. The van der Waals surface area contributed by atoms with Gasteiger partial charge in [-0.15, -0.1) is 13.2 Å². The number of aromatic nitrogens is 1. The van der Waals surface area contributed by atoms with Crippen LogP contribution in [0.4, 0.5) is 17.6 Å². The molecule has 2 N–H and O–H groups in total. The number of alkyl halides is 3. The summed E-state index contributed by atoms with van der Waals surface area (Å²) in [5.41, 5.74) is 4.71. The Balaban J connectivity index is 3.10. The van der Waals surface area contributed by atoms with Gasteiger partial charge in [0.25, 0.3) is 0 Å². The van der Waals surface area contributed by atoms with E-state index in [0.717, 1.165) is 6.07 Å². The Morgan fingerprint density at radius 1 is 1.45 bits per heavy atom. The summed E-state index contributed by atoms with van der Waals surface area (Å²) >= 11 is 0. The fraction of sp³-hybridized carbons (Fsp3) is 0.455. The molecule has 20 heavy (non-hydrogen) atoms. The average Bonchev–Trinajstić information content (AvgIpc) is 2.32. The third-order valence-corrected chi connectivity index (χ3v) is 2.10. The molecular formula is C11H12F4N2O3. The van der Waals surface area contributed by atoms with Gasteiger partial charge >= 0.3 is 12.3 Å². The van der Waals surface area contributed by atoms with Crippen LogP contribution in [0.3, 0.4) is 0 Å². The molecule has 0 radical (unpaired) electrons. The number of esters is 1. The number of ether oxygens (including phenoxy) is 2. The van der Waals surface area contributed by atoms with Crippen molar-refractivity contribution < 1.29 is 31.8 Å². The molecule has 9 heteroatoms. The van der Waals surface area contributed by atoms with Gasteiger partial charge in [0, 0.05) is 12.6 Å². The molecule has 0 atom stereocenters. The molecule has 0 aromatic carbocycles. The molecule has 112 valence electrons. The van der Waals surface area contributed by atoms with Crippen molar-refractivity contribution in [3.63, 3.8) is 0 Å². The number of carbonyl (C=O) groups is 1. The number of rotatable bonds is 5. The molecule has 1 aromatic heterocycles. The summed E-state index contributed by atoms with van der Waals surface area (Å²) in [6.45, 7) is 1.36. The number of nitrogens with two attached hydrogens (primary N) is 1. The second kappa shape index (κ2) is 6.51. The van der Waals surface area contributed by atoms with Crippen LogP contribution in [-0.2, 0) is 22.5 Å². The fourth-order valence-corrected chi connectivity index (χ4v) is 1.38. The molecule has 0 unspecified atom stereocenters. The van der Waals surface area contributed by atoms with E-state index < -0.39 is 36.0 Å². The largest absolute Gasteiger partial charge is 0.573 e. The zero-order valence-electron chi connectivity index (χ0n) is 10.5. The van der Waals surface area contributed by atoms with Crippen molar-refractivity contribution >= 4 is 5.97 Å². The van der Waals surface area contributed by atoms with Gasteiger partial charge in [-0.1, -0.05) is 0 Å². The minimum Gasteiger partial charge on any atom is -0.466 e. The van der Waals surface area contributed by atoms with Gasteiger partial charge in [-0.25, -0.2) is 4.39 Å². The van der Waals surface area contributed by atoms with Crippen molar-refractivity contribution in [2.45, 2.75) is 26.3 Å². The highest BCUT2D eigenvalue weighted by molar-refractivity contribution is 5.72. The van der Waals surface area contributed by atoms with E-state index in [1.165, 1.54) is 6.92 Å². The van der Waals surface area contributed by atoms with Crippen molar-refractivity contribution in [2.24, 2.45) is 5.73 Å². The fourth-order valence-electron chi connectivity index (χ4n) is 1.38. The van der Waals surface area contributed by atoms with E-state index in [-0.39, 0.29) is 18.8 Å². The van der Waals surface area contributed by atoms with Crippen molar-refractivity contribution in [2.75, 3.05) is 6.61 Å². The molecule has 0 saturated heterocycles. The van der Waals surface area contributed by atoms with Crippen LogP contribution in [-0.4, -0.2) is 23.9 Å². The Kier molecular flexibility index (Phi) is 5.26. The maximum atomic E-state index is 13.8. The van der Waals surface area contributed by atoms with Gasteiger partial charge in [0.15, 0.2) is 11.6 Å². The van der Waals surface area contributed by atoms with Crippen LogP contribution in [0.5, 0.6) is 5.75 Å². The lowest BCUT2D eigenvalue weighted by Crippen LogP contribution is -2.20. The summed E-state index contributed by atoms with van der Waals surface area (Å²) in [6.07, 6.45) is -5.67. The topological polar surface area (TPSA) is 74.4 Å². The number of hydrogen-bond acceptors (Lipinski definition) is 5. The normalized spacial score (nSPS) is 11.3. The number of pyridine rings is 1. The SMILES string of the molecule is CCOC(=O)Cc1nc(CN)cc(OC(F)(F)F)c1F. The molecular weight excluding hydrogens is 284 g/mol. The quantitative estimate of drug-likeness (QED) is 0.661. The Morgan fingerprint density at radius 2 is 2.10 bits per heavy atom. The molecule has 1 rings (SSSR count). The highest BCUT2D eigenvalue weighted by atomic mass is 19.4. The Hall–Kier alpha value is -1.90. The highest BCUT2D eigenvalue weighted by Gasteiger charge is 2.33. The molecule has 0 aliphatic heterocycles. The van der Waals surface area contributed by atoms with Gasteiger partial charge in [-0.2, -0.15) is 0 Å². The lowest BCUT2D eigenvalue weighted by Gasteiger charge is -2.13. The van der Waals surface area contributed by atoms with Crippen LogP contribution >= 0.6 is 0 Å². The van der Waals surface area contributed by atoms with E-state index in [1.807, 2.05) is 0 Å². The number of carbonyl (C=O) groups excluding carboxylic acids is 1. The van der Waals surface area contributed by atoms with Crippen LogP contribution in [0.1, 0.15) is 18.3 Å². The van der Waals surface area contributed by atoms with Crippen molar-refractivity contribution in [1.82, 2.24) is 4.98 Å². The summed E-state index contributed by atoms with van der Waals surface area (Å²) in [4.78, 5) is 14.9. The molecule has 0 aliphatic carbocycles. The van der Waals surface area contributed by atoms with Gasteiger partial charge in [0.1, 0.15) is 0 Å². The molecule has 0 spiro atoms. The third kappa shape index (κ3) is 4.65. The van der Waals surface area contributed by atoms with Crippen LogP contribution < -0.4 is 10.5 Å². The van der Waals surface area contributed by atoms with E-state index >= 15 is 0 Å². The van der Waals surface area contributed by atoms with E-state index in [4.69, 9.17) is 5.73 Å². The summed E-state index contributed by atoms with van der Waals surface area (Å²) in [5, 5.41) is 0. The first kappa shape index (κ1) is 16.2. The van der Waals surface area contributed by atoms with Crippen molar-refractivity contribution in [3.8, 4) is 5.75 Å². The lowest BCUT2D eigenvalue weighted by molar-refractivity contribution is -0.275. The highest BCUT2D eigenvalue weighted by Crippen LogP contribution is 2.27. The molecule has 0 fully saturated rings. The van der Waals surface area contributed by atoms with Gasteiger partial charge in [-0.3, -0.25) is 9.78 Å². The average molecular weight is 296 g/mol. The van der Waals surface area contributed by atoms with Gasteiger partial charge in [-0.05, 0) is 6.92 Å². The minimum atomic E-state index is -5.06. The summed E-state index contributed by atoms with van der Waals surface area (Å²) in [5.74, 6) is -3.26. The predicted molar refractivity (Wildman–Crippen MR) is 59.1 cm³/mol. The van der Waals surface area contributed by atoms with Crippen LogP contribution in [0.15, 0.2) is 6.07 Å². The van der Waals surface area contributed by atoms with E-state index in [1.54, 1.807) is 0 Å². The van der Waals surface area contributed by atoms with E-state index in [9.17, 15) is 22.4 Å². The van der Waals surface area contributed by atoms with Crippen LogP contribution in [0.25, 0.3) is 0 Å². The standard InChI is InChI=1S/C11H12F4N2O3/c1-2-19-9(18)4-7-10(12)8(20-11(13,14)15)3-6(5-16)17-7/h3H,2,4-5,16H2,1H3.